The van der Waals surface area contributed by atoms with E-state index in [1.54, 1.807) is 46.3 Å². The third kappa shape index (κ3) is 8.28. The van der Waals surface area contributed by atoms with Crippen LogP contribution in [0.3, 0.4) is 0 Å². The highest BCUT2D eigenvalue weighted by Crippen LogP contribution is 2.22. The molecule has 0 fully saturated rings. The number of likely N-dealkylation sites (N-methyl/N-ethyl adjacent to an activating group) is 3. The van der Waals surface area contributed by atoms with E-state index in [0.29, 0.717) is 12.8 Å². The van der Waals surface area contributed by atoms with Crippen LogP contribution in [0.15, 0.2) is 72.9 Å². The number of benzene rings is 2. The smallest absolute Gasteiger partial charge is 0.259 e. The molecule has 3 N–H and O–H groups in total. The fourth-order valence-corrected chi connectivity index (χ4v) is 4.66. The van der Waals surface area contributed by atoms with E-state index in [1.807, 2.05) is 74.6 Å². The summed E-state index contributed by atoms with van der Waals surface area (Å²) in [6.45, 7) is 3.77. The molecule has 0 aliphatic carbocycles. The van der Waals surface area contributed by atoms with Gasteiger partial charge in [-0.25, -0.2) is 5.01 Å². The normalized spacial score (nSPS) is 13.4. The molecule has 0 spiro atoms. The first-order chi connectivity index (χ1) is 19.3. The second-order valence-electron chi connectivity index (χ2n) is 11.5. The van der Waals surface area contributed by atoms with Gasteiger partial charge in [-0.2, -0.15) is 0 Å². The SMILES string of the molecule is CN(C(=O)/C=C/CC(C)(C)N)[C@H](Cc1c[nH]c2ccccc12)C(=O)N(C)[C@H](Cc1ccccc1)C(=O)N(C)N(C)C. The molecule has 1 aromatic heterocycles. The van der Waals surface area contributed by atoms with Crippen LogP contribution in [0.4, 0.5) is 0 Å². The Morgan fingerprint density at radius 1 is 0.854 bits per heavy atom. The van der Waals surface area contributed by atoms with Gasteiger partial charge in [-0.3, -0.25) is 19.4 Å². The van der Waals surface area contributed by atoms with Crippen molar-refractivity contribution in [1.82, 2.24) is 24.8 Å². The molecule has 2 aromatic carbocycles. The molecular weight excluding hydrogens is 516 g/mol. The van der Waals surface area contributed by atoms with Crippen LogP contribution in [-0.2, 0) is 27.2 Å². The van der Waals surface area contributed by atoms with Crippen molar-refractivity contribution in [3.8, 4) is 0 Å². The lowest BCUT2D eigenvalue weighted by molar-refractivity contribution is -0.154. The molecule has 9 heteroatoms. The van der Waals surface area contributed by atoms with E-state index < -0.39 is 17.6 Å². The van der Waals surface area contributed by atoms with Gasteiger partial charge in [0.05, 0.1) is 0 Å². The molecule has 0 aliphatic heterocycles. The molecule has 0 radical (unpaired) electrons. The number of carbonyl (C=O) groups is 3. The fraction of sp³-hybridized carbons (Fsp3) is 0.406. The number of H-pyrrole nitrogens is 1. The number of aromatic nitrogens is 1. The third-order valence-corrected chi connectivity index (χ3v) is 7.38. The zero-order valence-corrected chi connectivity index (χ0v) is 25.3. The minimum atomic E-state index is -0.849. The lowest BCUT2D eigenvalue weighted by atomic mass is 9.99. The Morgan fingerprint density at radius 2 is 1.46 bits per heavy atom. The molecule has 3 amide bonds. The monoisotopic (exact) mass is 560 g/mol. The summed E-state index contributed by atoms with van der Waals surface area (Å²) in [5, 5.41) is 4.16. The van der Waals surface area contributed by atoms with E-state index in [9.17, 15) is 14.4 Å². The molecule has 1 heterocycles. The maximum absolute atomic E-state index is 14.3. The molecule has 0 unspecified atom stereocenters. The Hall–Kier alpha value is -3.95. The summed E-state index contributed by atoms with van der Waals surface area (Å²) in [4.78, 5) is 47.5. The van der Waals surface area contributed by atoms with Gasteiger partial charge in [-0.1, -0.05) is 54.6 Å². The lowest BCUT2D eigenvalue weighted by Gasteiger charge is -2.37. The van der Waals surface area contributed by atoms with Gasteiger partial charge in [0.25, 0.3) is 5.91 Å². The number of fused-ring (bicyclic) bond motifs is 1. The number of carbonyl (C=O) groups excluding carboxylic acids is 3. The average molecular weight is 561 g/mol. The lowest BCUT2D eigenvalue weighted by Crippen LogP contribution is -2.57. The number of para-hydroxylation sites is 1. The van der Waals surface area contributed by atoms with Crippen molar-refractivity contribution in [3.05, 3.63) is 84.1 Å². The Kier molecular flexibility index (Phi) is 10.5. The van der Waals surface area contributed by atoms with Gasteiger partial charge in [0, 0.05) is 70.7 Å². The standard InChI is InChI=1S/C32H44N6O3/c1-32(2,33)19-13-18-29(39)36(5)28(21-24-22-34-26-17-12-11-16-25(24)26)30(40)37(6)27(31(41)38(7)35(3)4)20-23-14-9-8-10-15-23/h8-18,22,27-28,34H,19-21,33H2,1-7H3/b18-13+/t27-,28-/m1/s1. The molecule has 0 bridgehead atoms. The van der Waals surface area contributed by atoms with Gasteiger partial charge >= 0.3 is 0 Å². The summed E-state index contributed by atoms with van der Waals surface area (Å²) in [6.07, 6.45) is 6.21. The van der Waals surface area contributed by atoms with Gasteiger partial charge in [0.15, 0.2) is 0 Å². The van der Waals surface area contributed by atoms with Crippen molar-refractivity contribution in [1.29, 1.82) is 0 Å². The Bertz CT molecular complexity index is 1360. The number of hydrogen-bond acceptors (Lipinski definition) is 5. The summed E-state index contributed by atoms with van der Waals surface area (Å²) in [5.74, 6) is -0.850. The minimum absolute atomic E-state index is 0.223. The van der Waals surface area contributed by atoms with Gasteiger partial charge in [0.1, 0.15) is 12.1 Å². The third-order valence-electron chi connectivity index (χ3n) is 7.38. The molecule has 220 valence electrons. The zero-order valence-electron chi connectivity index (χ0n) is 25.3. The quantitative estimate of drug-likeness (QED) is 0.261. The molecule has 3 aromatic rings. The predicted molar refractivity (Wildman–Crippen MR) is 164 cm³/mol. The van der Waals surface area contributed by atoms with Gasteiger partial charge < -0.3 is 20.5 Å². The highest BCUT2D eigenvalue weighted by Gasteiger charge is 2.36. The summed E-state index contributed by atoms with van der Waals surface area (Å²) >= 11 is 0. The Morgan fingerprint density at radius 3 is 2.10 bits per heavy atom. The highest BCUT2D eigenvalue weighted by molar-refractivity contribution is 5.95. The number of nitrogens with zero attached hydrogens (tertiary/aromatic N) is 4. The molecule has 0 aliphatic rings. The number of nitrogens with one attached hydrogen (secondary N) is 1. The topological polar surface area (TPSA) is 106 Å². The fourth-order valence-electron chi connectivity index (χ4n) is 4.66. The van der Waals surface area contributed by atoms with Crippen molar-refractivity contribution in [3.63, 3.8) is 0 Å². The first-order valence-corrected chi connectivity index (χ1v) is 13.8. The predicted octanol–water partition coefficient (Wildman–Crippen LogP) is 3.23. The van der Waals surface area contributed by atoms with Crippen LogP contribution in [0, 0.1) is 0 Å². The molecule has 41 heavy (non-hydrogen) atoms. The number of aromatic amines is 1. The molecule has 9 nitrogen and oxygen atoms in total. The van der Waals surface area contributed by atoms with Crippen molar-refractivity contribution in [2.24, 2.45) is 5.73 Å². The number of hydrogen-bond donors (Lipinski definition) is 2. The van der Waals surface area contributed by atoms with E-state index in [0.717, 1.165) is 22.0 Å². The van der Waals surface area contributed by atoms with Crippen molar-refractivity contribution in [2.75, 3.05) is 35.2 Å². The summed E-state index contributed by atoms with van der Waals surface area (Å²) < 4.78 is 0. The van der Waals surface area contributed by atoms with Crippen LogP contribution in [-0.4, -0.2) is 95.4 Å². The minimum Gasteiger partial charge on any atom is -0.361 e. The van der Waals surface area contributed by atoms with E-state index in [1.165, 1.54) is 20.9 Å². The van der Waals surface area contributed by atoms with E-state index in [-0.39, 0.29) is 24.1 Å². The molecule has 3 rings (SSSR count). The van der Waals surface area contributed by atoms with Crippen molar-refractivity contribution in [2.45, 2.75) is 50.7 Å². The number of nitrogens with two attached hydrogens (primary N) is 1. The summed E-state index contributed by atoms with van der Waals surface area (Å²) in [6, 6.07) is 15.8. The highest BCUT2D eigenvalue weighted by atomic mass is 16.2. The number of amides is 3. The van der Waals surface area contributed by atoms with Crippen molar-refractivity contribution >= 4 is 28.6 Å². The van der Waals surface area contributed by atoms with Gasteiger partial charge in [0.2, 0.25) is 11.8 Å². The Labute approximate surface area is 243 Å². The van der Waals surface area contributed by atoms with Crippen LogP contribution in [0.1, 0.15) is 31.4 Å². The first-order valence-electron chi connectivity index (χ1n) is 13.8. The molecule has 0 saturated carbocycles. The van der Waals surface area contributed by atoms with Crippen LogP contribution in [0.25, 0.3) is 10.9 Å². The first kappa shape index (κ1) is 31.6. The van der Waals surface area contributed by atoms with Crippen LogP contribution >= 0.6 is 0 Å². The van der Waals surface area contributed by atoms with E-state index in [4.69, 9.17) is 5.73 Å². The molecular formula is C32H44N6O3. The van der Waals surface area contributed by atoms with Crippen LogP contribution in [0.2, 0.25) is 0 Å². The summed E-state index contributed by atoms with van der Waals surface area (Å²) in [7, 11) is 8.51. The van der Waals surface area contributed by atoms with Crippen molar-refractivity contribution < 1.29 is 14.4 Å². The maximum atomic E-state index is 14.3. The number of hydrazine groups is 1. The Balaban J connectivity index is 1.98. The maximum Gasteiger partial charge on any atom is 0.259 e. The zero-order chi connectivity index (χ0) is 30.3. The van der Waals surface area contributed by atoms with Crippen LogP contribution in [0.5, 0.6) is 0 Å². The van der Waals surface area contributed by atoms with E-state index >= 15 is 0 Å². The van der Waals surface area contributed by atoms with Crippen LogP contribution < -0.4 is 5.73 Å². The van der Waals surface area contributed by atoms with Gasteiger partial charge in [-0.05, 0) is 43.5 Å². The van der Waals surface area contributed by atoms with E-state index in [2.05, 4.69) is 4.98 Å². The summed E-state index contributed by atoms with van der Waals surface area (Å²) in [5.41, 5.74) is 8.41. The average Bonchev–Trinajstić information content (AvgIpc) is 3.35. The molecule has 0 saturated heterocycles. The second-order valence-corrected chi connectivity index (χ2v) is 11.5. The largest absolute Gasteiger partial charge is 0.361 e. The number of rotatable bonds is 12. The molecule has 2 atom stereocenters. The second kappa shape index (κ2) is 13.6. The van der Waals surface area contributed by atoms with Gasteiger partial charge in [-0.15, -0.1) is 0 Å².